The summed E-state index contributed by atoms with van der Waals surface area (Å²) >= 11 is 1.07. The van der Waals surface area contributed by atoms with Crippen LogP contribution >= 0.6 is 11.7 Å². The molecule has 8 heteroatoms. The smallest absolute Gasteiger partial charge is 0.320 e. The Kier molecular flexibility index (Phi) is 4.03. The molecule has 100 valence electrons. The maximum absolute atomic E-state index is 11.7. The summed E-state index contributed by atoms with van der Waals surface area (Å²) in [6.45, 7) is 1.39. The minimum absolute atomic E-state index is 0.0819. The lowest BCUT2D eigenvalue weighted by Crippen LogP contribution is -2.39. The highest BCUT2D eigenvalue weighted by molar-refractivity contribution is 7.00. The van der Waals surface area contributed by atoms with Crippen LogP contribution in [0.5, 0.6) is 0 Å². The fourth-order valence-corrected chi connectivity index (χ4v) is 1.98. The van der Waals surface area contributed by atoms with Crippen molar-refractivity contribution in [2.75, 3.05) is 11.9 Å². The fourth-order valence-electron chi connectivity index (χ4n) is 1.43. The number of rotatable bonds is 5. The Labute approximate surface area is 113 Å². The third-order valence-electron chi connectivity index (χ3n) is 2.50. The Bertz CT molecular complexity index is 613. The van der Waals surface area contributed by atoms with Crippen LogP contribution in [0.4, 0.5) is 5.69 Å². The molecule has 3 N–H and O–H groups in total. The molecule has 0 aliphatic rings. The molecule has 0 bridgehead atoms. The van der Waals surface area contributed by atoms with Crippen molar-refractivity contribution in [3.63, 3.8) is 0 Å². The van der Waals surface area contributed by atoms with E-state index in [1.807, 2.05) is 0 Å². The molecule has 1 aromatic carbocycles. The Morgan fingerprint density at radius 1 is 1.42 bits per heavy atom. The lowest BCUT2D eigenvalue weighted by Gasteiger charge is -2.09. The number of fused-ring (bicyclic) bond motifs is 1. The van der Waals surface area contributed by atoms with Gasteiger partial charge < -0.3 is 10.4 Å². The SMILES string of the molecule is CC(NCC(=O)Nc1cccc2nsnc12)C(=O)O. The number of benzene rings is 1. The van der Waals surface area contributed by atoms with E-state index >= 15 is 0 Å². The van der Waals surface area contributed by atoms with E-state index in [0.29, 0.717) is 11.2 Å². The van der Waals surface area contributed by atoms with Crippen LogP contribution in [0.15, 0.2) is 18.2 Å². The molecule has 2 rings (SSSR count). The average Bonchev–Trinajstić information content (AvgIpc) is 2.85. The van der Waals surface area contributed by atoms with Crippen LogP contribution < -0.4 is 10.6 Å². The lowest BCUT2D eigenvalue weighted by molar-refractivity contribution is -0.139. The second-order valence-corrected chi connectivity index (χ2v) is 4.45. The summed E-state index contributed by atoms with van der Waals surface area (Å²) in [5.41, 5.74) is 1.92. The number of nitrogens with one attached hydrogen (secondary N) is 2. The van der Waals surface area contributed by atoms with Crippen molar-refractivity contribution < 1.29 is 14.7 Å². The van der Waals surface area contributed by atoms with Crippen molar-refractivity contribution in [3.8, 4) is 0 Å². The normalized spacial score (nSPS) is 12.3. The number of carboxylic acid groups (broad SMARTS) is 1. The molecule has 1 amide bonds. The van der Waals surface area contributed by atoms with Crippen molar-refractivity contribution in [2.24, 2.45) is 0 Å². The zero-order valence-electron chi connectivity index (χ0n) is 10.1. The summed E-state index contributed by atoms with van der Waals surface area (Å²) < 4.78 is 8.17. The molecule has 0 radical (unpaired) electrons. The minimum atomic E-state index is -1.00. The van der Waals surface area contributed by atoms with Crippen molar-refractivity contribution in [3.05, 3.63) is 18.2 Å². The molecule has 0 spiro atoms. The first-order chi connectivity index (χ1) is 9.08. The second kappa shape index (κ2) is 5.72. The van der Waals surface area contributed by atoms with Crippen molar-refractivity contribution in [1.29, 1.82) is 0 Å². The third kappa shape index (κ3) is 3.24. The number of carbonyl (C=O) groups is 2. The fraction of sp³-hybridized carbons (Fsp3) is 0.273. The standard InChI is InChI=1S/C11H12N4O3S/c1-6(11(17)18)12-5-9(16)13-7-3-2-4-8-10(7)15-19-14-8/h2-4,6,12H,5H2,1H3,(H,13,16)(H,17,18). The minimum Gasteiger partial charge on any atom is -0.480 e. The van der Waals surface area contributed by atoms with Gasteiger partial charge in [0.2, 0.25) is 5.91 Å². The van der Waals surface area contributed by atoms with E-state index in [-0.39, 0.29) is 12.5 Å². The Morgan fingerprint density at radius 2 is 2.21 bits per heavy atom. The topological polar surface area (TPSA) is 104 Å². The average molecular weight is 280 g/mol. The van der Waals surface area contributed by atoms with Crippen LogP contribution in [0.25, 0.3) is 11.0 Å². The summed E-state index contributed by atoms with van der Waals surface area (Å²) in [7, 11) is 0. The van der Waals surface area contributed by atoms with E-state index in [1.165, 1.54) is 6.92 Å². The first kappa shape index (κ1) is 13.4. The Balaban J connectivity index is 1.99. The van der Waals surface area contributed by atoms with Gasteiger partial charge in [0.25, 0.3) is 0 Å². The van der Waals surface area contributed by atoms with Crippen LogP contribution in [-0.2, 0) is 9.59 Å². The summed E-state index contributed by atoms with van der Waals surface area (Å²) in [6.07, 6.45) is 0. The zero-order chi connectivity index (χ0) is 13.8. The van der Waals surface area contributed by atoms with Gasteiger partial charge >= 0.3 is 5.97 Å². The molecule has 0 saturated heterocycles. The molecule has 1 unspecified atom stereocenters. The number of carboxylic acids is 1. The Hall–Kier alpha value is -2.06. The van der Waals surface area contributed by atoms with Gasteiger partial charge in [0.1, 0.15) is 17.1 Å². The molecule has 1 heterocycles. The quantitative estimate of drug-likeness (QED) is 0.744. The van der Waals surface area contributed by atoms with Gasteiger partial charge in [0.05, 0.1) is 24.0 Å². The number of aromatic nitrogens is 2. The number of nitrogens with zero attached hydrogens (tertiary/aromatic N) is 2. The number of aliphatic carboxylic acids is 1. The maximum Gasteiger partial charge on any atom is 0.320 e. The summed E-state index contributed by atoms with van der Waals surface area (Å²) in [5, 5.41) is 14.0. The van der Waals surface area contributed by atoms with Crippen LogP contribution in [-0.4, -0.2) is 38.3 Å². The van der Waals surface area contributed by atoms with Gasteiger partial charge in [-0.05, 0) is 19.1 Å². The summed E-state index contributed by atoms with van der Waals surface area (Å²) in [5.74, 6) is -1.33. The van der Waals surface area contributed by atoms with Crippen LogP contribution in [0.3, 0.4) is 0 Å². The van der Waals surface area contributed by atoms with Crippen molar-refractivity contribution in [2.45, 2.75) is 13.0 Å². The van der Waals surface area contributed by atoms with Crippen LogP contribution in [0, 0.1) is 0 Å². The Morgan fingerprint density at radius 3 is 2.95 bits per heavy atom. The number of carbonyl (C=O) groups excluding carboxylic acids is 1. The van der Waals surface area contributed by atoms with Gasteiger partial charge in [0.15, 0.2) is 0 Å². The van der Waals surface area contributed by atoms with Gasteiger partial charge in [0, 0.05) is 0 Å². The number of hydrogen-bond acceptors (Lipinski definition) is 6. The highest BCUT2D eigenvalue weighted by Crippen LogP contribution is 2.20. The predicted octanol–water partition coefficient (Wildman–Crippen LogP) is 0.692. The third-order valence-corrected chi connectivity index (χ3v) is 3.04. The van der Waals surface area contributed by atoms with Gasteiger partial charge in [-0.15, -0.1) is 0 Å². The van der Waals surface area contributed by atoms with Crippen molar-refractivity contribution >= 4 is 40.3 Å². The zero-order valence-corrected chi connectivity index (χ0v) is 10.9. The van der Waals surface area contributed by atoms with Crippen molar-refractivity contribution in [1.82, 2.24) is 14.1 Å². The summed E-state index contributed by atoms with van der Waals surface area (Å²) in [6, 6.07) is 4.52. The van der Waals surface area contributed by atoms with E-state index in [1.54, 1.807) is 18.2 Å². The molecule has 19 heavy (non-hydrogen) atoms. The number of amides is 1. The van der Waals surface area contributed by atoms with Gasteiger partial charge in [-0.2, -0.15) is 8.75 Å². The molecule has 0 saturated carbocycles. The van der Waals surface area contributed by atoms with Gasteiger partial charge in [-0.25, -0.2) is 0 Å². The first-order valence-electron chi connectivity index (χ1n) is 5.55. The van der Waals surface area contributed by atoms with Crippen LogP contribution in [0.2, 0.25) is 0 Å². The second-order valence-electron chi connectivity index (χ2n) is 3.93. The van der Waals surface area contributed by atoms with E-state index in [0.717, 1.165) is 17.2 Å². The van der Waals surface area contributed by atoms with Crippen LogP contribution in [0.1, 0.15) is 6.92 Å². The first-order valence-corrected chi connectivity index (χ1v) is 6.28. The highest BCUT2D eigenvalue weighted by atomic mass is 32.1. The molecular weight excluding hydrogens is 268 g/mol. The van der Waals surface area contributed by atoms with E-state index in [9.17, 15) is 9.59 Å². The molecule has 7 nitrogen and oxygen atoms in total. The van der Waals surface area contributed by atoms with E-state index in [2.05, 4.69) is 19.4 Å². The number of anilines is 1. The molecule has 0 aliphatic carbocycles. The molecular formula is C11H12N4O3S. The molecule has 0 fully saturated rings. The summed E-state index contributed by atoms with van der Waals surface area (Å²) in [4.78, 5) is 22.3. The molecule has 1 atom stereocenters. The van der Waals surface area contributed by atoms with E-state index < -0.39 is 12.0 Å². The largest absolute Gasteiger partial charge is 0.480 e. The van der Waals surface area contributed by atoms with E-state index in [4.69, 9.17) is 5.11 Å². The lowest BCUT2D eigenvalue weighted by atomic mass is 10.2. The maximum atomic E-state index is 11.7. The van der Waals surface area contributed by atoms with Gasteiger partial charge in [-0.1, -0.05) is 6.07 Å². The monoisotopic (exact) mass is 280 g/mol. The highest BCUT2D eigenvalue weighted by Gasteiger charge is 2.13. The molecule has 2 aromatic rings. The number of hydrogen-bond donors (Lipinski definition) is 3. The molecule has 1 aromatic heterocycles. The molecule has 0 aliphatic heterocycles. The predicted molar refractivity (Wildman–Crippen MR) is 71.1 cm³/mol. The van der Waals surface area contributed by atoms with Gasteiger partial charge in [-0.3, -0.25) is 14.9 Å².